The van der Waals surface area contributed by atoms with Crippen molar-refractivity contribution in [1.29, 1.82) is 0 Å². The molecule has 2 aliphatic rings. The predicted molar refractivity (Wildman–Crippen MR) is 399 cm³/mol. The summed E-state index contributed by atoms with van der Waals surface area (Å²) in [7, 11) is 0. The number of unbranched alkanes of at least 4 members (excludes halogenated alkanes) is 6. The zero-order valence-corrected chi connectivity index (χ0v) is 52.9. The number of fused-ring (bicyclic) bond motifs is 12. The van der Waals surface area contributed by atoms with E-state index < -0.39 is 0 Å². The first kappa shape index (κ1) is 57.8. The standard InChI is InChI=1S/C88H72N6/c1-2-3-4-5-6-7-14-43-88(91-84-41-25-23-39-78(84)82-58-64(48-54-86(82)91)60-89-93(66-27-10-8-11-28-66)68-50-44-62(45-51-68)56-80-74-35-19-15-31-70(74)71-32-16-20-36-75(71)80)92-85-42-26-24-40-79(85)83-59-65(49-55-87(83)92)61-90-94(67-29-12-9-13-30-67)69-52-46-63(47-53-69)57-81-76-37-21-17-33-72(76)73-34-18-22-38-77(73)81/h8-13,15-42,44-61,88H,2-7,14,43H2,1H3. The lowest BCUT2D eigenvalue weighted by molar-refractivity contribution is 0.418. The first-order valence-electron chi connectivity index (χ1n) is 33.5. The molecule has 0 amide bonds. The second-order valence-electron chi connectivity index (χ2n) is 25.0. The Kier molecular flexibility index (Phi) is 15.8. The minimum absolute atomic E-state index is 0.0184. The van der Waals surface area contributed by atoms with Crippen LogP contribution in [0.5, 0.6) is 0 Å². The number of rotatable bonds is 20. The van der Waals surface area contributed by atoms with Gasteiger partial charge in [-0.1, -0.05) is 252 Å². The van der Waals surface area contributed by atoms with E-state index in [4.69, 9.17) is 10.2 Å². The second-order valence-corrected chi connectivity index (χ2v) is 25.0. The average molecular weight is 1210 g/mol. The summed E-state index contributed by atoms with van der Waals surface area (Å²) in [5.74, 6) is 0. The molecule has 0 radical (unpaired) electrons. The maximum atomic E-state index is 5.30. The third kappa shape index (κ3) is 11.0. The number of para-hydroxylation sites is 4. The Hall–Kier alpha value is -11.3. The van der Waals surface area contributed by atoms with E-state index in [2.05, 4.69) is 329 Å². The molecular formula is C88H72N6. The molecule has 14 aromatic rings. The van der Waals surface area contributed by atoms with Crippen LogP contribution in [-0.4, -0.2) is 21.6 Å². The molecule has 6 nitrogen and oxygen atoms in total. The summed E-state index contributed by atoms with van der Waals surface area (Å²) < 4.78 is 5.29. The van der Waals surface area contributed by atoms with E-state index in [1.165, 1.54) is 138 Å². The van der Waals surface area contributed by atoms with Gasteiger partial charge in [-0.3, -0.25) is 0 Å². The van der Waals surface area contributed by atoms with E-state index in [1.54, 1.807) is 0 Å². The van der Waals surface area contributed by atoms with Crippen molar-refractivity contribution in [3.8, 4) is 22.3 Å². The van der Waals surface area contributed by atoms with Crippen molar-refractivity contribution >= 4 is 102 Å². The summed E-state index contributed by atoms with van der Waals surface area (Å²) in [4.78, 5) is 0. The van der Waals surface area contributed by atoms with Crippen LogP contribution in [0.3, 0.4) is 0 Å². The third-order valence-corrected chi connectivity index (χ3v) is 19.1. The molecule has 16 rings (SSSR count). The number of anilines is 4. The largest absolute Gasteiger partial charge is 0.319 e. The van der Waals surface area contributed by atoms with Crippen molar-refractivity contribution in [2.75, 3.05) is 10.0 Å². The molecule has 0 aliphatic heterocycles. The molecule has 2 aromatic heterocycles. The summed E-state index contributed by atoms with van der Waals surface area (Å²) in [5, 5.41) is 19.6. The number of aromatic nitrogens is 2. The lowest BCUT2D eigenvalue weighted by atomic mass is 10.0. The van der Waals surface area contributed by atoms with Gasteiger partial charge in [-0.15, -0.1) is 0 Å². The molecule has 0 spiro atoms. The number of benzene rings is 12. The van der Waals surface area contributed by atoms with Crippen molar-refractivity contribution in [3.63, 3.8) is 0 Å². The molecule has 0 saturated heterocycles. The maximum Gasteiger partial charge on any atom is 0.111 e. The van der Waals surface area contributed by atoms with Crippen LogP contribution in [0.25, 0.3) is 89.2 Å². The Morgan fingerprint density at radius 3 is 1.02 bits per heavy atom. The topological polar surface area (TPSA) is 41.1 Å². The Morgan fingerprint density at radius 2 is 0.617 bits per heavy atom. The highest BCUT2D eigenvalue weighted by atomic mass is 15.5. The van der Waals surface area contributed by atoms with Crippen LogP contribution in [0.2, 0.25) is 0 Å². The van der Waals surface area contributed by atoms with Crippen LogP contribution in [0.15, 0.2) is 301 Å². The highest BCUT2D eigenvalue weighted by Gasteiger charge is 2.27. The van der Waals surface area contributed by atoms with E-state index in [9.17, 15) is 0 Å². The van der Waals surface area contributed by atoms with Crippen LogP contribution in [0.4, 0.5) is 22.7 Å². The summed E-state index contributed by atoms with van der Waals surface area (Å²) in [5.41, 5.74) is 25.9. The van der Waals surface area contributed by atoms with Gasteiger partial charge in [0.2, 0.25) is 0 Å². The predicted octanol–water partition coefficient (Wildman–Crippen LogP) is 23.6. The SMILES string of the molecule is CCCCCCCCCC(n1c2ccccc2c2cc(C=NN(c3ccccc3)c3ccc(C=C4c5ccccc5-c5ccccc54)cc3)ccc21)n1c2ccccc2c2cc(C=NN(c3ccccc3)c3ccc(C=C4c5ccccc5-c5ccccc54)cc3)ccc21. The second kappa shape index (κ2) is 25.7. The monoisotopic (exact) mass is 1210 g/mol. The van der Waals surface area contributed by atoms with Gasteiger partial charge in [0.25, 0.3) is 0 Å². The molecule has 0 saturated carbocycles. The average Bonchev–Trinajstić information content (AvgIpc) is 1.61. The van der Waals surface area contributed by atoms with Gasteiger partial charge in [-0.2, -0.15) is 10.2 Å². The number of hydrogen-bond donors (Lipinski definition) is 0. The molecule has 0 fully saturated rings. The van der Waals surface area contributed by atoms with Gasteiger partial charge < -0.3 is 9.13 Å². The zero-order valence-electron chi connectivity index (χ0n) is 52.9. The van der Waals surface area contributed by atoms with Gasteiger partial charge >= 0.3 is 0 Å². The molecule has 2 aliphatic carbocycles. The van der Waals surface area contributed by atoms with Gasteiger partial charge in [0.05, 0.1) is 57.2 Å². The molecular weight excluding hydrogens is 1140 g/mol. The van der Waals surface area contributed by atoms with E-state index >= 15 is 0 Å². The van der Waals surface area contributed by atoms with Gasteiger partial charge in [0.1, 0.15) is 6.17 Å². The van der Waals surface area contributed by atoms with E-state index in [-0.39, 0.29) is 6.17 Å². The quantitative estimate of drug-likeness (QED) is 0.0433. The first-order chi connectivity index (χ1) is 46.6. The summed E-state index contributed by atoms with van der Waals surface area (Å²) in [6, 6.07) is 105. The van der Waals surface area contributed by atoms with Gasteiger partial charge in [-0.05, 0) is 188 Å². The van der Waals surface area contributed by atoms with Gasteiger partial charge in [-0.25, -0.2) is 10.0 Å². The Balaban J connectivity index is 0.737. The molecule has 454 valence electrons. The fourth-order valence-electron chi connectivity index (χ4n) is 14.6. The summed E-state index contributed by atoms with van der Waals surface area (Å²) in [6.45, 7) is 2.30. The molecule has 2 heterocycles. The molecule has 6 heteroatoms. The van der Waals surface area contributed by atoms with Crippen molar-refractivity contribution < 1.29 is 0 Å². The molecule has 12 aromatic carbocycles. The fourth-order valence-corrected chi connectivity index (χ4v) is 14.6. The van der Waals surface area contributed by atoms with Crippen molar-refractivity contribution in [2.45, 2.75) is 64.5 Å². The Bertz CT molecular complexity index is 4800. The minimum Gasteiger partial charge on any atom is -0.319 e. The van der Waals surface area contributed by atoms with E-state index in [0.29, 0.717) is 0 Å². The summed E-state index contributed by atoms with van der Waals surface area (Å²) >= 11 is 0. The van der Waals surface area contributed by atoms with Crippen molar-refractivity contribution in [1.82, 2.24) is 9.13 Å². The number of nitrogens with zero attached hydrogens (tertiary/aromatic N) is 6. The fraction of sp³-hybridized carbons (Fsp3) is 0.114. The van der Waals surface area contributed by atoms with Gasteiger partial charge in [0, 0.05) is 21.5 Å². The third-order valence-electron chi connectivity index (χ3n) is 19.1. The smallest absolute Gasteiger partial charge is 0.111 e. The zero-order chi connectivity index (χ0) is 62.7. The van der Waals surface area contributed by atoms with Crippen molar-refractivity contribution in [3.05, 3.63) is 336 Å². The molecule has 94 heavy (non-hydrogen) atoms. The Labute approximate surface area is 550 Å². The lowest BCUT2D eigenvalue weighted by Crippen LogP contribution is -2.18. The highest BCUT2D eigenvalue weighted by molar-refractivity contribution is 6.12. The summed E-state index contributed by atoms with van der Waals surface area (Å²) in [6.07, 6.45) is 18.3. The van der Waals surface area contributed by atoms with Crippen LogP contribution < -0.4 is 10.0 Å². The molecule has 0 unspecified atom stereocenters. The number of hydrazone groups is 2. The molecule has 0 N–H and O–H groups in total. The van der Waals surface area contributed by atoms with E-state index in [1.807, 2.05) is 12.4 Å². The lowest BCUT2D eigenvalue weighted by Gasteiger charge is -2.26. The number of hydrogen-bond acceptors (Lipinski definition) is 4. The van der Waals surface area contributed by atoms with E-state index in [0.717, 1.165) is 57.8 Å². The van der Waals surface area contributed by atoms with Crippen LogP contribution in [0, 0.1) is 0 Å². The maximum absolute atomic E-state index is 5.30. The van der Waals surface area contributed by atoms with Crippen molar-refractivity contribution in [2.24, 2.45) is 10.2 Å². The molecule has 0 atom stereocenters. The Morgan fingerprint density at radius 1 is 0.298 bits per heavy atom. The first-order valence-corrected chi connectivity index (χ1v) is 33.5. The highest BCUT2D eigenvalue weighted by Crippen LogP contribution is 2.47. The molecule has 0 bridgehead atoms. The normalized spacial score (nSPS) is 12.7. The van der Waals surface area contributed by atoms with Gasteiger partial charge in [0.15, 0.2) is 0 Å². The minimum atomic E-state index is -0.0184. The van der Waals surface area contributed by atoms with Crippen LogP contribution >= 0.6 is 0 Å². The van der Waals surface area contributed by atoms with Crippen LogP contribution in [-0.2, 0) is 0 Å². The van der Waals surface area contributed by atoms with Crippen LogP contribution in [0.1, 0.15) is 109 Å².